The van der Waals surface area contributed by atoms with Gasteiger partial charge in [0.1, 0.15) is 11.4 Å². The second kappa shape index (κ2) is 6.12. The largest absolute Gasteiger partial charge is 0.369 e. The lowest BCUT2D eigenvalue weighted by Gasteiger charge is -2.45. The van der Waals surface area contributed by atoms with Gasteiger partial charge in [0.25, 0.3) is 0 Å². The fourth-order valence-corrected chi connectivity index (χ4v) is 6.47. The van der Waals surface area contributed by atoms with Gasteiger partial charge in [-0.15, -0.1) is 0 Å². The third-order valence-electron chi connectivity index (χ3n) is 6.00. The molecule has 0 bridgehead atoms. The number of benzene rings is 1. The molecule has 2 heterocycles. The lowest BCUT2D eigenvalue weighted by Crippen LogP contribution is -2.58. The summed E-state index contributed by atoms with van der Waals surface area (Å²) in [5, 5.41) is 3.63. The van der Waals surface area contributed by atoms with Gasteiger partial charge in [-0.1, -0.05) is 11.2 Å². The van der Waals surface area contributed by atoms with E-state index in [1.807, 2.05) is 0 Å². The smallest absolute Gasteiger partial charge is 0.238 e. The molecule has 1 fully saturated rings. The SMILES string of the molecule is C=S1(=O)N(C)C(N)=N[C@](C)(c2cc(CC(=O)c3noc(C)n3)ccc2F)C12CC2. The zero-order valence-electron chi connectivity index (χ0n) is 16.4. The van der Waals surface area contributed by atoms with Crippen LogP contribution in [0.5, 0.6) is 0 Å². The maximum Gasteiger partial charge on any atom is 0.238 e. The minimum atomic E-state index is -2.81. The van der Waals surface area contributed by atoms with E-state index in [9.17, 15) is 13.4 Å². The van der Waals surface area contributed by atoms with Crippen molar-refractivity contribution in [1.82, 2.24) is 14.4 Å². The quantitative estimate of drug-likeness (QED) is 0.594. The van der Waals surface area contributed by atoms with E-state index >= 15 is 0 Å². The molecule has 0 radical (unpaired) electrons. The van der Waals surface area contributed by atoms with E-state index in [4.69, 9.17) is 10.3 Å². The first-order valence-corrected chi connectivity index (χ1v) is 10.8. The van der Waals surface area contributed by atoms with Crippen LogP contribution in [0.4, 0.5) is 4.39 Å². The number of aromatic nitrogens is 2. The number of hydrogen-bond acceptors (Lipinski definition) is 7. The molecule has 2 N–H and O–H groups in total. The predicted molar refractivity (Wildman–Crippen MR) is 107 cm³/mol. The highest BCUT2D eigenvalue weighted by Crippen LogP contribution is 2.60. The number of aliphatic imine (C=N–C) groups is 1. The first-order chi connectivity index (χ1) is 13.5. The molecule has 2 aliphatic rings. The molecule has 1 spiro atoms. The molecular weight excluding hydrogens is 397 g/mol. The average molecular weight is 419 g/mol. The van der Waals surface area contributed by atoms with Crippen molar-refractivity contribution in [3.05, 3.63) is 46.9 Å². The van der Waals surface area contributed by atoms with Gasteiger partial charge in [0.05, 0.1) is 14.5 Å². The van der Waals surface area contributed by atoms with Gasteiger partial charge in [0, 0.05) is 26.0 Å². The first kappa shape index (κ1) is 19.6. The maximum atomic E-state index is 14.9. The van der Waals surface area contributed by atoms with Crippen LogP contribution in [-0.4, -0.2) is 48.1 Å². The molecule has 8 nitrogen and oxygen atoms in total. The molecule has 1 aromatic carbocycles. The molecule has 4 rings (SSSR count). The van der Waals surface area contributed by atoms with Crippen molar-refractivity contribution in [2.24, 2.45) is 10.7 Å². The Bertz CT molecular complexity index is 1150. The van der Waals surface area contributed by atoms with E-state index < -0.39 is 25.8 Å². The van der Waals surface area contributed by atoms with Crippen molar-refractivity contribution < 1.29 is 17.9 Å². The number of nitrogens with zero attached hydrogens (tertiary/aromatic N) is 4. The number of hydrogen-bond donors (Lipinski definition) is 1. The van der Waals surface area contributed by atoms with Gasteiger partial charge in [0.15, 0.2) is 0 Å². The first-order valence-electron chi connectivity index (χ1n) is 9.10. The molecule has 1 aromatic heterocycles. The van der Waals surface area contributed by atoms with Crippen LogP contribution >= 0.6 is 0 Å². The van der Waals surface area contributed by atoms with Crippen LogP contribution in [0.15, 0.2) is 27.7 Å². The number of carbonyl (C=O) groups excluding carboxylic acids is 1. The number of rotatable bonds is 4. The Kier molecular flexibility index (Phi) is 4.13. The molecular formula is C19H22FN5O3S. The van der Waals surface area contributed by atoms with Crippen molar-refractivity contribution >= 4 is 27.3 Å². The Labute approximate surface area is 168 Å². The molecule has 0 amide bonds. The number of ketones is 1. The van der Waals surface area contributed by atoms with Crippen molar-refractivity contribution in [2.75, 3.05) is 7.05 Å². The highest BCUT2D eigenvalue weighted by atomic mass is 32.2. The zero-order chi connectivity index (χ0) is 21.2. The van der Waals surface area contributed by atoms with Gasteiger partial charge in [-0.25, -0.2) is 13.6 Å². The summed E-state index contributed by atoms with van der Waals surface area (Å²) < 4.78 is 33.8. The molecule has 29 heavy (non-hydrogen) atoms. The van der Waals surface area contributed by atoms with Gasteiger partial charge in [-0.3, -0.25) is 9.10 Å². The highest BCUT2D eigenvalue weighted by molar-refractivity contribution is 8.00. The van der Waals surface area contributed by atoms with Gasteiger partial charge in [-0.05, 0) is 43.3 Å². The highest BCUT2D eigenvalue weighted by Gasteiger charge is 2.67. The van der Waals surface area contributed by atoms with E-state index in [-0.39, 0.29) is 35.4 Å². The Morgan fingerprint density at radius 3 is 2.72 bits per heavy atom. The fourth-order valence-electron chi connectivity index (χ4n) is 4.08. The number of aryl methyl sites for hydroxylation is 1. The van der Waals surface area contributed by atoms with Crippen LogP contribution in [0, 0.1) is 12.7 Å². The summed E-state index contributed by atoms with van der Waals surface area (Å²) in [6.45, 7) is 3.33. The van der Waals surface area contributed by atoms with Crippen molar-refractivity contribution in [3.8, 4) is 0 Å². The Hall–Kier alpha value is -2.75. The van der Waals surface area contributed by atoms with Crippen LogP contribution in [0.1, 0.15) is 47.4 Å². The lowest BCUT2D eigenvalue weighted by atomic mass is 9.85. The minimum absolute atomic E-state index is 0.0272. The van der Waals surface area contributed by atoms with Gasteiger partial charge in [0.2, 0.25) is 23.5 Å². The number of guanidine groups is 1. The number of nitrogens with two attached hydrogens (primary N) is 1. The van der Waals surface area contributed by atoms with E-state index in [0.29, 0.717) is 18.4 Å². The molecule has 2 aromatic rings. The Morgan fingerprint density at radius 1 is 1.45 bits per heavy atom. The molecule has 0 saturated heterocycles. The molecule has 154 valence electrons. The number of carbonyl (C=O) groups is 1. The summed E-state index contributed by atoms with van der Waals surface area (Å²) >= 11 is 0. The maximum absolute atomic E-state index is 14.9. The summed E-state index contributed by atoms with van der Waals surface area (Å²) in [7, 11) is -1.23. The monoisotopic (exact) mass is 419 g/mol. The van der Waals surface area contributed by atoms with Crippen LogP contribution in [0.3, 0.4) is 0 Å². The average Bonchev–Trinajstić information content (AvgIpc) is 3.38. The molecule has 1 aliphatic carbocycles. The molecule has 10 heteroatoms. The summed E-state index contributed by atoms with van der Waals surface area (Å²) in [5.74, 6) is 3.39. The summed E-state index contributed by atoms with van der Waals surface area (Å²) in [5.41, 5.74) is 5.67. The van der Waals surface area contributed by atoms with Crippen LogP contribution < -0.4 is 5.73 Å². The van der Waals surface area contributed by atoms with E-state index in [1.165, 1.54) is 16.4 Å². The lowest BCUT2D eigenvalue weighted by molar-refractivity contribution is 0.0980. The van der Waals surface area contributed by atoms with E-state index in [0.717, 1.165) is 0 Å². The molecule has 1 saturated carbocycles. The predicted octanol–water partition coefficient (Wildman–Crippen LogP) is 1.58. The second-order valence-corrected chi connectivity index (χ2v) is 10.3. The zero-order valence-corrected chi connectivity index (χ0v) is 17.3. The van der Waals surface area contributed by atoms with Crippen molar-refractivity contribution in [3.63, 3.8) is 0 Å². The van der Waals surface area contributed by atoms with Crippen LogP contribution in [0.25, 0.3) is 0 Å². The molecule has 1 unspecified atom stereocenters. The fraction of sp³-hybridized carbons (Fsp3) is 0.421. The number of Topliss-reactive ketones (excluding diaryl/α,β-unsaturated/α-hetero) is 1. The summed E-state index contributed by atoms with van der Waals surface area (Å²) in [4.78, 5) is 20.9. The standard InChI is InChI=1S/C19H22FN5O3S/c1-11-22-16(24-28-11)15(26)10-12-5-6-14(20)13(9-12)18(2)19(7-8-19)29(4,27)25(3)17(21)23-18/h5-6,9H,4,7-8,10H2,1-3H3,(H2,21,23)/t18-,29?/m1/s1. The molecule has 2 atom stereocenters. The number of halogens is 1. The van der Waals surface area contributed by atoms with Gasteiger partial charge >= 0.3 is 0 Å². The third kappa shape index (κ3) is 2.69. The van der Waals surface area contributed by atoms with E-state index in [2.05, 4.69) is 21.0 Å². The summed E-state index contributed by atoms with van der Waals surface area (Å²) in [6, 6.07) is 4.39. The van der Waals surface area contributed by atoms with Gasteiger partial charge < -0.3 is 10.3 Å². The minimum Gasteiger partial charge on any atom is -0.369 e. The van der Waals surface area contributed by atoms with E-state index in [1.54, 1.807) is 27.0 Å². The Balaban J connectivity index is 1.77. The van der Waals surface area contributed by atoms with Crippen molar-refractivity contribution in [1.29, 1.82) is 0 Å². The third-order valence-corrected chi connectivity index (χ3v) is 9.10. The van der Waals surface area contributed by atoms with Crippen molar-refractivity contribution in [2.45, 2.75) is 43.4 Å². The van der Waals surface area contributed by atoms with Crippen LogP contribution in [-0.2, 0) is 21.7 Å². The molecule has 1 aliphatic heterocycles. The normalized spacial score (nSPS) is 27.7. The van der Waals surface area contributed by atoms with Gasteiger partial charge in [-0.2, -0.15) is 4.98 Å². The summed E-state index contributed by atoms with van der Waals surface area (Å²) in [6.07, 6.45) is 1.16. The second-order valence-electron chi connectivity index (χ2n) is 7.73. The Morgan fingerprint density at radius 2 is 2.14 bits per heavy atom. The topological polar surface area (TPSA) is 115 Å². The van der Waals surface area contributed by atoms with Crippen LogP contribution in [0.2, 0.25) is 0 Å².